The van der Waals surface area contributed by atoms with E-state index in [1.165, 1.54) is 11.8 Å². The minimum atomic E-state index is -0.217. The van der Waals surface area contributed by atoms with Crippen LogP contribution in [0.4, 0.5) is 0 Å². The minimum absolute atomic E-state index is 0.100. The zero-order chi connectivity index (χ0) is 18.5. The number of amides is 1. The van der Waals surface area contributed by atoms with Crippen LogP contribution in [0.3, 0.4) is 0 Å². The van der Waals surface area contributed by atoms with Gasteiger partial charge in [-0.15, -0.1) is 0 Å². The molecule has 0 saturated carbocycles. The second-order valence-electron chi connectivity index (χ2n) is 6.58. The lowest BCUT2D eigenvalue weighted by Gasteiger charge is -2.16. The smallest absolute Gasteiger partial charge is 0.348 e. The van der Waals surface area contributed by atoms with E-state index in [4.69, 9.17) is 4.42 Å². The van der Waals surface area contributed by atoms with Crippen molar-refractivity contribution in [1.82, 2.24) is 19.8 Å². The Morgan fingerprint density at radius 2 is 2.27 bits per heavy atom. The first-order valence-electron chi connectivity index (χ1n) is 8.74. The molecule has 0 bridgehead atoms. The van der Waals surface area contributed by atoms with Gasteiger partial charge in [0.15, 0.2) is 0 Å². The van der Waals surface area contributed by atoms with Crippen LogP contribution in [-0.4, -0.2) is 46.8 Å². The van der Waals surface area contributed by atoms with Gasteiger partial charge in [0.1, 0.15) is 10.8 Å². The van der Waals surface area contributed by atoms with Crippen molar-refractivity contribution in [2.24, 2.45) is 0 Å². The van der Waals surface area contributed by atoms with Crippen LogP contribution in [0.1, 0.15) is 23.4 Å². The fraction of sp³-hybridized carbons (Fsp3) is 0.500. The average Bonchev–Trinajstić information content (AvgIpc) is 3.28. The molecule has 0 aromatic carbocycles. The Kier molecular flexibility index (Phi) is 6.16. The van der Waals surface area contributed by atoms with Crippen LogP contribution >= 0.6 is 11.8 Å². The maximum Gasteiger partial charge on any atom is 0.348 e. The van der Waals surface area contributed by atoms with Crippen molar-refractivity contribution in [3.05, 3.63) is 45.9 Å². The van der Waals surface area contributed by atoms with E-state index >= 15 is 0 Å². The molecule has 1 aliphatic rings. The molecule has 0 saturated heterocycles. The van der Waals surface area contributed by atoms with Gasteiger partial charge in [-0.05, 0) is 45.5 Å². The second-order valence-corrected chi connectivity index (χ2v) is 7.54. The number of likely N-dealkylation sites (N-methyl/N-ethyl adjacent to an activating group) is 1. The number of thioether (sulfide) groups is 1. The lowest BCUT2D eigenvalue weighted by atomic mass is 10.2. The van der Waals surface area contributed by atoms with Gasteiger partial charge in [0, 0.05) is 24.3 Å². The van der Waals surface area contributed by atoms with Gasteiger partial charge in [-0.1, -0.05) is 11.8 Å². The van der Waals surface area contributed by atoms with Crippen LogP contribution in [-0.2, 0) is 30.7 Å². The normalized spacial score (nSPS) is 13.2. The molecule has 0 atom stereocenters. The van der Waals surface area contributed by atoms with E-state index in [2.05, 4.69) is 15.2 Å². The molecule has 0 fully saturated rings. The number of hydrogen-bond donors (Lipinski definition) is 1. The van der Waals surface area contributed by atoms with E-state index in [0.717, 1.165) is 37.1 Å². The van der Waals surface area contributed by atoms with E-state index in [1.807, 2.05) is 20.2 Å². The van der Waals surface area contributed by atoms with Gasteiger partial charge in [-0.3, -0.25) is 9.36 Å². The Bertz CT molecular complexity index is 815. The minimum Gasteiger partial charge on any atom is -0.467 e. The van der Waals surface area contributed by atoms with E-state index in [0.29, 0.717) is 23.9 Å². The zero-order valence-corrected chi connectivity index (χ0v) is 16.0. The molecule has 8 heteroatoms. The molecule has 0 radical (unpaired) electrons. The van der Waals surface area contributed by atoms with Gasteiger partial charge in [0.05, 0.1) is 18.6 Å². The van der Waals surface area contributed by atoms with Crippen LogP contribution in [0, 0.1) is 0 Å². The summed E-state index contributed by atoms with van der Waals surface area (Å²) in [6.45, 7) is 1.81. The highest BCUT2D eigenvalue weighted by Gasteiger charge is 2.22. The molecule has 0 unspecified atom stereocenters. The molecule has 0 spiro atoms. The summed E-state index contributed by atoms with van der Waals surface area (Å²) in [6, 6.07) is 3.60. The summed E-state index contributed by atoms with van der Waals surface area (Å²) in [4.78, 5) is 30.8. The fourth-order valence-electron chi connectivity index (χ4n) is 3.02. The summed E-state index contributed by atoms with van der Waals surface area (Å²) < 4.78 is 6.99. The number of hydrogen-bond acceptors (Lipinski definition) is 6. The number of carbonyl (C=O) groups is 1. The number of fused-ring (bicyclic) bond motifs is 1. The quantitative estimate of drug-likeness (QED) is 0.552. The first-order chi connectivity index (χ1) is 12.5. The highest BCUT2D eigenvalue weighted by molar-refractivity contribution is 7.99. The standard InChI is InChI=1S/C18H24N4O3S/c1-21(2)8-9-22-15-7-3-6-14(15)17(20-18(22)24)26-12-16(23)19-11-13-5-4-10-25-13/h4-5,10H,3,6-9,11-12H2,1-2H3,(H,19,23). The van der Waals surface area contributed by atoms with E-state index in [-0.39, 0.29) is 17.3 Å². The maximum absolute atomic E-state index is 12.4. The van der Waals surface area contributed by atoms with Crippen molar-refractivity contribution in [3.63, 3.8) is 0 Å². The van der Waals surface area contributed by atoms with Crippen molar-refractivity contribution in [2.75, 3.05) is 26.4 Å². The van der Waals surface area contributed by atoms with Crippen LogP contribution in [0.25, 0.3) is 0 Å². The van der Waals surface area contributed by atoms with Gasteiger partial charge in [0.2, 0.25) is 5.91 Å². The third-order valence-corrected chi connectivity index (χ3v) is 5.37. The number of nitrogens with one attached hydrogen (secondary N) is 1. The van der Waals surface area contributed by atoms with Crippen molar-refractivity contribution in [1.29, 1.82) is 0 Å². The Morgan fingerprint density at radius 1 is 1.42 bits per heavy atom. The topological polar surface area (TPSA) is 80.4 Å². The maximum atomic E-state index is 12.4. The van der Waals surface area contributed by atoms with Crippen molar-refractivity contribution in [2.45, 2.75) is 37.4 Å². The molecule has 2 aromatic rings. The van der Waals surface area contributed by atoms with Gasteiger partial charge in [-0.25, -0.2) is 4.79 Å². The highest BCUT2D eigenvalue weighted by atomic mass is 32.2. The fourth-order valence-corrected chi connectivity index (χ4v) is 3.93. The zero-order valence-electron chi connectivity index (χ0n) is 15.2. The molecular formula is C18H24N4O3S. The third-order valence-electron chi connectivity index (χ3n) is 4.35. The monoisotopic (exact) mass is 376 g/mol. The summed E-state index contributed by atoms with van der Waals surface area (Å²) >= 11 is 1.34. The van der Waals surface area contributed by atoms with Crippen molar-refractivity contribution >= 4 is 17.7 Å². The number of furan rings is 1. The molecule has 140 valence electrons. The Hall–Kier alpha value is -2.06. The summed E-state index contributed by atoms with van der Waals surface area (Å²) in [5.74, 6) is 0.851. The SMILES string of the molecule is CN(C)CCn1c2c(c(SCC(=O)NCc3ccco3)nc1=O)CCC2. The second kappa shape index (κ2) is 8.55. The lowest BCUT2D eigenvalue weighted by Crippen LogP contribution is -2.31. The lowest BCUT2D eigenvalue weighted by molar-refractivity contribution is -0.118. The summed E-state index contributed by atoms with van der Waals surface area (Å²) in [5, 5.41) is 3.52. The van der Waals surface area contributed by atoms with E-state index in [9.17, 15) is 9.59 Å². The van der Waals surface area contributed by atoms with Crippen molar-refractivity contribution < 1.29 is 9.21 Å². The van der Waals surface area contributed by atoms with Gasteiger partial charge in [-0.2, -0.15) is 4.98 Å². The molecular weight excluding hydrogens is 352 g/mol. The first kappa shape index (κ1) is 18.7. The molecule has 0 aliphatic heterocycles. The summed E-state index contributed by atoms with van der Waals surface area (Å²) in [7, 11) is 3.98. The van der Waals surface area contributed by atoms with Crippen LogP contribution in [0.2, 0.25) is 0 Å². The Labute approximate surface area is 156 Å². The third kappa shape index (κ3) is 4.56. The molecule has 1 N–H and O–H groups in total. The highest BCUT2D eigenvalue weighted by Crippen LogP contribution is 2.29. The molecule has 2 aromatic heterocycles. The van der Waals surface area contributed by atoms with E-state index < -0.39 is 0 Å². The predicted octanol–water partition coefficient (Wildman–Crippen LogP) is 1.30. The molecule has 1 aliphatic carbocycles. The van der Waals surface area contributed by atoms with Crippen molar-refractivity contribution in [3.8, 4) is 0 Å². The summed E-state index contributed by atoms with van der Waals surface area (Å²) in [5.41, 5.74) is 2.00. The van der Waals surface area contributed by atoms with E-state index in [1.54, 1.807) is 16.9 Å². The number of nitrogens with zero attached hydrogens (tertiary/aromatic N) is 3. The first-order valence-corrected chi connectivity index (χ1v) is 9.72. The molecule has 3 rings (SSSR count). The average molecular weight is 376 g/mol. The number of carbonyl (C=O) groups excluding carboxylic acids is 1. The molecule has 1 amide bonds. The molecule has 7 nitrogen and oxygen atoms in total. The molecule has 26 heavy (non-hydrogen) atoms. The van der Waals surface area contributed by atoms with Gasteiger partial charge < -0.3 is 14.6 Å². The Balaban J connectivity index is 1.65. The van der Waals surface area contributed by atoms with Gasteiger partial charge in [0.25, 0.3) is 0 Å². The predicted molar refractivity (Wildman–Crippen MR) is 100 cm³/mol. The largest absolute Gasteiger partial charge is 0.467 e. The summed E-state index contributed by atoms with van der Waals surface area (Å²) in [6.07, 6.45) is 4.43. The Morgan fingerprint density at radius 3 is 3.00 bits per heavy atom. The number of aromatic nitrogens is 2. The van der Waals surface area contributed by atoms with Crippen LogP contribution < -0.4 is 11.0 Å². The van der Waals surface area contributed by atoms with Crippen LogP contribution in [0.15, 0.2) is 32.6 Å². The molecule has 2 heterocycles. The number of rotatable bonds is 8. The van der Waals surface area contributed by atoms with Gasteiger partial charge >= 0.3 is 5.69 Å². The van der Waals surface area contributed by atoms with Crippen LogP contribution in [0.5, 0.6) is 0 Å².